The lowest BCUT2D eigenvalue weighted by Gasteiger charge is -2.22. The average molecular weight is 345 g/mol. The van der Waals surface area contributed by atoms with Crippen molar-refractivity contribution in [3.8, 4) is 5.75 Å². The zero-order valence-corrected chi connectivity index (χ0v) is 13.6. The number of benzene rings is 1. The standard InChI is InChI=1S/C17H19N3O5/c21-16(14-9-22-7-8-23-14)18-12-3-5-13(6-4-12)24-10-15-19-17(25-20-15)11-1-2-11/h3-6,11,14H,1-2,7-10H2,(H,18,21). The minimum absolute atomic E-state index is 0.215. The van der Waals surface area contributed by atoms with Crippen molar-refractivity contribution in [3.05, 3.63) is 36.0 Å². The number of rotatable bonds is 6. The van der Waals surface area contributed by atoms with Crippen LogP contribution in [0, 0.1) is 0 Å². The molecular formula is C17H19N3O5. The van der Waals surface area contributed by atoms with Crippen molar-refractivity contribution >= 4 is 11.6 Å². The van der Waals surface area contributed by atoms with Crippen molar-refractivity contribution < 1.29 is 23.5 Å². The van der Waals surface area contributed by atoms with Gasteiger partial charge in [-0.3, -0.25) is 4.79 Å². The van der Waals surface area contributed by atoms with E-state index in [-0.39, 0.29) is 19.1 Å². The molecule has 1 saturated carbocycles. The predicted octanol–water partition coefficient (Wildman–Crippen LogP) is 1.88. The minimum atomic E-state index is -0.566. The van der Waals surface area contributed by atoms with E-state index in [0.29, 0.717) is 42.3 Å². The van der Waals surface area contributed by atoms with Crippen molar-refractivity contribution in [2.45, 2.75) is 31.5 Å². The Morgan fingerprint density at radius 3 is 2.80 bits per heavy atom. The Kier molecular flexibility index (Phi) is 4.62. The number of nitrogens with zero attached hydrogens (tertiary/aromatic N) is 2. The molecule has 25 heavy (non-hydrogen) atoms. The number of aromatic nitrogens is 2. The SMILES string of the molecule is O=C(Nc1ccc(OCc2noc(C3CC3)n2)cc1)C1COCCO1. The molecule has 2 fully saturated rings. The first-order valence-electron chi connectivity index (χ1n) is 8.33. The number of carbonyl (C=O) groups excluding carboxylic acids is 1. The summed E-state index contributed by atoms with van der Waals surface area (Å²) in [6, 6.07) is 7.08. The summed E-state index contributed by atoms with van der Waals surface area (Å²) in [6.45, 7) is 1.48. The van der Waals surface area contributed by atoms with Crippen LogP contribution in [0.1, 0.15) is 30.5 Å². The highest BCUT2D eigenvalue weighted by Crippen LogP contribution is 2.38. The molecule has 0 radical (unpaired) electrons. The Hall–Kier alpha value is -2.45. The van der Waals surface area contributed by atoms with E-state index in [2.05, 4.69) is 15.5 Å². The van der Waals surface area contributed by atoms with Gasteiger partial charge in [0.05, 0.1) is 19.8 Å². The summed E-state index contributed by atoms with van der Waals surface area (Å²) in [5.41, 5.74) is 0.669. The molecule has 1 aromatic heterocycles. The van der Waals surface area contributed by atoms with Crippen LogP contribution in [0.15, 0.2) is 28.8 Å². The molecule has 1 amide bonds. The van der Waals surface area contributed by atoms with E-state index in [1.165, 1.54) is 0 Å². The number of hydrogen-bond donors (Lipinski definition) is 1. The second kappa shape index (κ2) is 7.20. The van der Waals surface area contributed by atoms with Gasteiger partial charge in [0.25, 0.3) is 5.91 Å². The van der Waals surface area contributed by atoms with Gasteiger partial charge in [-0.15, -0.1) is 0 Å². The maximum atomic E-state index is 12.1. The van der Waals surface area contributed by atoms with Crippen molar-refractivity contribution in [2.75, 3.05) is 25.1 Å². The second-order valence-electron chi connectivity index (χ2n) is 6.06. The molecule has 2 aromatic rings. The number of carbonyl (C=O) groups is 1. The van der Waals surface area contributed by atoms with E-state index in [4.69, 9.17) is 18.7 Å². The van der Waals surface area contributed by atoms with Gasteiger partial charge in [-0.05, 0) is 37.1 Å². The van der Waals surface area contributed by atoms with Crippen LogP contribution in [-0.4, -0.2) is 42.0 Å². The van der Waals surface area contributed by atoms with E-state index in [0.717, 1.165) is 12.8 Å². The highest BCUT2D eigenvalue weighted by atomic mass is 16.6. The molecule has 132 valence electrons. The predicted molar refractivity (Wildman–Crippen MR) is 86.2 cm³/mol. The number of ether oxygens (including phenoxy) is 3. The largest absolute Gasteiger partial charge is 0.485 e. The molecule has 1 aromatic carbocycles. The Balaban J connectivity index is 1.28. The third-order valence-corrected chi connectivity index (χ3v) is 4.01. The number of nitrogens with one attached hydrogen (secondary N) is 1. The summed E-state index contributed by atoms with van der Waals surface area (Å²) in [5.74, 6) is 2.11. The maximum Gasteiger partial charge on any atom is 0.255 e. The molecule has 1 aliphatic heterocycles. The molecule has 1 atom stereocenters. The first-order chi connectivity index (χ1) is 12.3. The van der Waals surface area contributed by atoms with Crippen molar-refractivity contribution in [1.29, 1.82) is 0 Å². The normalized spacial score (nSPS) is 20.2. The number of amides is 1. The van der Waals surface area contributed by atoms with E-state index in [1.807, 2.05) is 0 Å². The molecule has 0 spiro atoms. The van der Waals surface area contributed by atoms with Crippen molar-refractivity contribution in [2.24, 2.45) is 0 Å². The lowest BCUT2D eigenvalue weighted by atomic mass is 10.2. The topological polar surface area (TPSA) is 95.7 Å². The number of anilines is 1. The molecule has 2 heterocycles. The van der Waals surface area contributed by atoms with Gasteiger partial charge < -0.3 is 24.1 Å². The Morgan fingerprint density at radius 1 is 1.24 bits per heavy atom. The van der Waals surface area contributed by atoms with Gasteiger partial charge in [0, 0.05) is 11.6 Å². The van der Waals surface area contributed by atoms with Gasteiger partial charge in [-0.1, -0.05) is 5.16 Å². The van der Waals surface area contributed by atoms with Crippen LogP contribution in [0.5, 0.6) is 5.75 Å². The zero-order valence-electron chi connectivity index (χ0n) is 13.6. The lowest BCUT2D eigenvalue weighted by molar-refractivity contribution is -0.142. The monoisotopic (exact) mass is 345 g/mol. The van der Waals surface area contributed by atoms with E-state index in [9.17, 15) is 4.79 Å². The Labute approximate surface area is 144 Å². The number of hydrogen-bond acceptors (Lipinski definition) is 7. The highest BCUT2D eigenvalue weighted by molar-refractivity contribution is 5.94. The van der Waals surface area contributed by atoms with Crippen LogP contribution in [0.4, 0.5) is 5.69 Å². The van der Waals surface area contributed by atoms with Crippen LogP contribution in [-0.2, 0) is 20.9 Å². The van der Waals surface area contributed by atoms with Crippen LogP contribution < -0.4 is 10.1 Å². The molecule has 1 saturated heterocycles. The molecular weight excluding hydrogens is 326 g/mol. The molecule has 8 nitrogen and oxygen atoms in total. The molecule has 2 aliphatic rings. The van der Waals surface area contributed by atoms with Gasteiger partial charge in [0.1, 0.15) is 5.75 Å². The molecule has 4 rings (SSSR count). The first kappa shape index (κ1) is 16.0. The molecule has 0 bridgehead atoms. The third-order valence-electron chi connectivity index (χ3n) is 4.01. The molecule has 1 aliphatic carbocycles. The summed E-state index contributed by atoms with van der Waals surface area (Å²) >= 11 is 0. The van der Waals surface area contributed by atoms with E-state index >= 15 is 0 Å². The van der Waals surface area contributed by atoms with E-state index < -0.39 is 6.10 Å². The van der Waals surface area contributed by atoms with Crippen LogP contribution >= 0.6 is 0 Å². The zero-order chi connectivity index (χ0) is 17.1. The lowest BCUT2D eigenvalue weighted by Crippen LogP contribution is -2.39. The molecule has 8 heteroatoms. The Morgan fingerprint density at radius 2 is 2.08 bits per heavy atom. The van der Waals surface area contributed by atoms with Crippen LogP contribution in [0.2, 0.25) is 0 Å². The van der Waals surface area contributed by atoms with Crippen molar-refractivity contribution in [1.82, 2.24) is 10.1 Å². The quantitative estimate of drug-likeness (QED) is 0.854. The molecule has 1 unspecified atom stereocenters. The minimum Gasteiger partial charge on any atom is -0.485 e. The average Bonchev–Trinajstić information content (AvgIpc) is 3.40. The smallest absolute Gasteiger partial charge is 0.255 e. The summed E-state index contributed by atoms with van der Waals surface area (Å²) in [7, 11) is 0. The second-order valence-corrected chi connectivity index (χ2v) is 6.06. The summed E-state index contributed by atoms with van der Waals surface area (Å²) in [5, 5.41) is 6.70. The van der Waals surface area contributed by atoms with Crippen molar-refractivity contribution in [3.63, 3.8) is 0 Å². The summed E-state index contributed by atoms with van der Waals surface area (Å²) in [4.78, 5) is 16.4. The van der Waals surface area contributed by atoms with Gasteiger partial charge >= 0.3 is 0 Å². The maximum absolute atomic E-state index is 12.1. The fourth-order valence-electron chi connectivity index (χ4n) is 2.47. The third kappa shape index (κ3) is 4.15. The van der Waals surface area contributed by atoms with Gasteiger partial charge in [0.2, 0.25) is 11.7 Å². The van der Waals surface area contributed by atoms with Gasteiger partial charge in [0.15, 0.2) is 12.7 Å². The van der Waals surface area contributed by atoms with Crippen LogP contribution in [0.3, 0.4) is 0 Å². The first-order valence-corrected chi connectivity index (χ1v) is 8.33. The van der Waals surface area contributed by atoms with Gasteiger partial charge in [-0.25, -0.2) is 0 Å². The highest BCUT2D eigenvalue weighted by Gasteiger charge is 2.29. The Bertz CT molecular complexity index is 720. The van der Waals surface area contributed by atoms with Gasteiger partial charge in [-0.2, -0.15) is 4.98 Å². The molecule has 1 N–H and O–H groups in total. The fourth-order valence-corrected chi connectivity index (χ4v) is 2.47. The fraction of sp³-hybridized carbons (Fsp3) is 0.471. The summed E-state index contributed by atoms with van der Waals surface area (Å²) in [6.07, 6.45) is 1.67. The van der Waals surface area contributed by atoms with E-state index in [1.54, 1.807) is 24.3 Å². The van der Waals surface area contributed by atoms with Crippen LogP contribution in [0.25, 0.3) is 0 Å². The summed E-state index contributed by atoms with van der Waals surface area (Å²) < 4.78 is 21.4.